The monoisotopic (exact) mass is 259 g/mol. The summed E-state index contributed by atoms with van der Waals surface area (Å²) in [6.45, 7) is 1.90. The highest BCUT2D eigenvalue weighted by atomic mass is 32.2. The average molecular weight is 259 g/mol. The largest absolute Gasteiger partial charge is 0.386 e. The molecule has 0 aromatic carbocycles. The Morgan fingerprint density at radius 1 is 1.71 bits per heavy atom. The van der Waals surface area contributed by atoms with Crippen molar-refractivity contribution in [2.75, 3.05) is 0 Å². The quantitative estimate of drug-likeness (QED) is 0.485. The number of hydrogen-bond acceptors (Lipinski definition) is 4. The van der Waals surface area contributed by atoms with E-state index in [-0.39, 0.29) is 10.7 Å². The highest BCUT2D eigenvalue weighted by Crippen LogP contribution is 2.08. The normalized spacial score (nSPS) is 13.5. The molecule has 0 radical (unpaired) electrons. The van der Waals surface area contributed by atoms with E-state index in [1.54, 1.807) is 7.05 Å². The lowest BCUT2D eigenvalue weighted by molar-refractivity contribution is 0.565. The molecule has 0 spiro atoms. The van der Waals surface area contributed by atoms with Crippen LogP contribution in [0.2, 0.25) is 0 Å². The van der Waals surface area contributed by atoms with Gasteiger partial charge >= 0.3 is 0 Å². The van der Waals surface area contributed by atoms with E-state index in [0.717, 1.165) is 6.42 Å². The molecule has 0 aliphatic carbocycles. The van der Waals surface area contributed by atoms with Crippen LogP contribution in [0.3, 0.4) is 0 Å². The van der Waals surface area contributed by atoms with Crippen LogP contribution < -0.4 is 10.5 Å². The Morgan fingerprint density at radius 2 is 2.35 bits per heavy atom. The minimum atomic E-state index is -3.66. The molecule has 0 fully saturated rings. The number of nitrogens with zero attached hydrogens (tertiary/aromatic N) is 2. The van der Waals surface area contributed by atoms with Crippen molar-refractivity contribution in [1.29, 1.82) is 5.41 Å². The van der Waals surface area contributed by atoms with E-state index in [0.29, 0.717) is 6.42 Å². The molecule has 1 heterocycles. The molecule has 8 heteroatoms. The Kier molecular flexibility index (Phi) is 4.24. The van der Waals surface area contributed by atoms with Gasteiger partial charge in [-0.05, 0) is 6.42 Å². The van der Waals surface area contributed by atoms with Crippen molar-refractivity contribution in [2.24, 2.45) is 12.8 Å². The standard InChI is InChI=1S/C9H17N5O2S/c1-3-4-8(9(10)11)13-17(15,16)7-5-12-14(2)6-7/h5-6,8,13H,3-4H2,1-2H3,(H3,10,11). The molecule has 1 rings (SSSR count). The maximum absolute atomic E-state index is 11.9. The zero-order chi connectivity index (χ0) is 13.1. The minimum Gasteiger partial charge on any atom is -0.386 e. The van der Waals surface area contributed by atoms with Gasteiger partial charge in [-0.2, -0.15) is 5.10 Å². The fourth-order valence-corrected chi connectivity index (χ4v) is 2.59. The van der Waals surface area contributed by atoms with Crippen molar-refractivity contribution >= 4 is 15.9 Å². The maximum atomic E-state index is 11.9. The third-order valence-corrected chi connectivity index (χ3v) is 3.67. The van der Waals surface area contributed by atoms with Gasteiger partial charge in [0.15, 0.2) is 0 Å². The summed E-state index contributed by atoms with van der Waals surface area (Å²) in [5, 5.41) is 11.1. The van der Waals surface area contributed by atoms with Crippen molar-refractivity contribution in [1.82, 2.24) is 14.5 Å². The number of aryl methyl sites for hydroxylation is 1. The molecule has 7 nitrogen and oxygen atoms in total. The highest BCUT2D eigenvalue weighted by molar-refractivity contribution is 7.89. The molecule has 1 unspecified atom stereocenters. The summed E-state index contributed by atoms with van der Waals surface area (Å²) in [5.74, 6) is -0.181. The number of nitrogens with one attached hydrogen (secondary N) is 2. The summed E-state index contributed by atoms with van der Waals surface area (Å²) in [7, 11) is -2.03. The predicted octanol–water partition coefficient (Wildman–Crippen LogP) is -0.197. The lowest BCUT2D eigenvalue weighted by Gasteiger charge is -2.15. The first kappa shape index (κ1) is 13.7. The molecule has 0 aliphatic rings. The Hall–Kier alpha value is -1.41. The molecule has 0 bridgehead atoms. The lowest BCUT2D eigenvalue weighted by Crippen LogP contribution is -2.43. The second kappa shape index (κ2) is 5.28. The van der Waals surface area contributed by atoms with Crippen molar-refractivity contribution in [3.8, 4) is 0 Å². The SMILES string of the molecule is CCCC(NS(=O)(=O)c1cnn(C)c1)C(=N)N. The van der Waals surface area contributed by atoms with Crippen LogP contribution in [-0.4, -0.2) is 30.1 Å². The van der Waals surface area contributed by atoms with Crippen LogP contribution in [0.15, 0.2) is 17.3 Å². The van der Waals surface area contributed by atoms with Gasteiger partial charge in [0.05, 0.1) is 12.2 Å². The van der Waals surface area contributed by atoms with Gasteiger partial charge in [-0.15, -0.1) is 0 Å². The van der Waals surface area contributed by atoms with Gasteiger partial charge in [-0.3, -0.25) is 10.1 Å². The summed E-state index contributed by atoms with van der Waals surface area (Å²) in [5.41, 5.74) is 5.35. The van der Waals surface area contributed by atoms with Gasteiger partial charge in [-0.25, -0.2) is 13.1 Å². The zero-order valence-electron chi connectivity index (χ0n) is 9.84. The summed E-state index contributed by atoms with van der Waals surface area (Å²) in [6, 6.07) is -0.662. The molecule has 17 heavy (non-hydrogen) atoms. The van der Waals surface area contributed by atoms with Crippen molar-refractivity contribution in [2.45, 2.75) is 30.7 Å². The second-order valence-corrected chi connectivity index (χ2v) is 5.48. The topological polar surface area (TPSA) is 114 Å². The molecule has 0 amide bonds. The van der Waals surface area contributed by atoms with E-state index in [1.807, 2.05) is 6.92 Å². The first-order valence-electron chi connectivity index (χ1n) is 5.21. The van der Waals surface area contributed by atoms with Gasteiger partial charge in [-0.1, -0.05) is 13.3 Å². The van der Waals surface area contributed by atoms with Gasteiger partial charge in [0.25, 0.3) is 0 Å². The van der Waals surface area contributed by atoms with Crippen LogP contribution in [0.1, 0.15) is 19.8 Å². The van der Waals surface area contributed by atoms with E-state index in [2.05, 4.69) is 9.82 Å². The van der Waals surface area contributed by atoms with Gasteiger partial charge in [0, 0.05) is 13.2 Å². The molecular weight excluding hydrogens is 242 g/mol. The summed E-state index contributed by atoms with van der Waals surface area (Å²) >= 11 is 0. The lowest BCUT2D eigenvalue weighted by atomic mass is 10.2. The van der Waals surface area contributed by atoms with Gasteiger partial charge in [0.2, 0.25) is 10.0 Å². The molecule has 1 aromatic rings. The molecule has 1 aromatic heterocycles. The van der Waals surface area contributed by atoms with Crippen LogP contribution in [0, 0.1) is 5.41 Å². The Morgan fingerprint density at radius 3 is 2.76 bits per heavy atom. The molecule has 0 saturated carbocycles. The van der Waals surface area contributed by atoms with E-state index in [1.165, 1.54) is 17.1 Å². The Bertz CT molecular complexity index is 493. The number of aromatic nitrogens is 2. The second-order valence-electron chi connectivity index (χ2n) is 3.77. The predicted molar refractivity (Wildman–Crippen MR) is 64.1 cm³/mol. The number of hydrogen-bond donors (Lipinski definition) is 3. The first-order chi connectivity index (χ1) is 7.86. The van der Waals surface area contributed by atoms with E-state index in [4.69, 9.17) is 11.1 Å². The molecule has 1 atom stereocenters. The molecule has 96 valence electrons. The van der Waals surface area contributed by atoms with Gasteiger partial charge in [0.1, 0.15) is 10.7 Å². The number of sulfonamides is 1. The Labute approximate surface area is 101 Å². The minimum absolute atomic E-state index is 0.0716. The number of nitrogens with two attached hydrogens (primary N) is 1. The summed E-state index contributed by atoms with van der Waals surface area (Å²) < 4.78 is 27.6. The highest BCUT2D eigenvalue weighted by Gasteiger charge is 2.22. The van der Waals surface area contributed by atoms with Crippen LogP contribution in [0.5, 0.6) is 0 Å². The van der Waals surface area contributed by atoms with Crippen LogP contribution >= 0.6 is 0 Å². The third kappa shape index (κ3) is 3.53. The van der Waals surface area contributed by atoms with E-state index >= 15 is 0 Å². The van der Waals surface area contributed by atoms with Crippen LogP contribution in [0.25, 0.3) is 0 Å². The van der Waals surface area contributed by atoms with Crippen LogP contribution in [0.4, 0.5) is 0 Å². The zero-order valence-corrected chi connectivity index (χ0v) is 10.7. The van der Waals surface area contributed by atoms with Crippen LogP contribution in [-0.2, 0) is 17.1 Å². The number of rotatable bonds is 6. The molecular formula is C9H17N5O2S. The summed E-state index contributed by atoms with van der Waals surface area (Å²) in [6.07, 6.45) is 3.88. The van der Waals surface area contributed by atoms with Crippen molar-refractivity contribution in [3.05, 3.63) is 12.4 Å². The smallest absolute Gasteiger partial charge is 0.244 e. The fraction of sp³-hybridized carbons (Fsp3) is 0.556. The molecule has 4 N–H and O–H groups in total. The van der Waals surface area contributed by atoms with E-state index < -0.39 is 16.1 Å². The first-order valence-corrected chi connectivity index (χ1v) is 6.70. The van der Waals surface area contributed by atoms with Crippen molar-refractivity contribution < 1.29 is 8.42 Å². The average Bonchev–Trinajstić information content (AvgIpc) is 2.64. The summed E-state index contributed by atoms with van der Waals surface area (Å²) in [4.78, 5) is 0.0716. The molecule has 0 saturated heterocycles. The molecule has 0 aliphatic heterocycles. The maximum Gasteiger partial charge on any atom is 0.244 e. The van der Waals surface area contributed by atoms with E-state index in [9.17, 15) is 8.42 Å². The fourth-order valence-electron chi connectivity index (χ4n) is 1.36. The van der Waals surface area contributed by atoms with Gasteiger partial charge < -0.3 is 5.73 Å². The Balaban J connectivity index is 2.88. The number of amidine groups is 1. The van der Waals surface area contributed by atoms with Crippen molar-refractivity contribution in [3.63, 3.8) is 0 Å². The third-order valence-electron chi connectivity index (χ3n) is 2.24.